The van der Waals surface area contributed by atoms with Crippen LogP contribution in [0.1, 0.15) is 5.01 Å². The lowest BCUT2D eigenvalue weighted by molar-refractivity contribution is 0.163. The Balaban J connectivity index is 2.34. The summed E-state index contributed by atoms with van der Waals surface area (Å²) in [6.07, 6.45) is -2.40. The summed E-state index contributed by atoms with van der Waals surface area (Å²) in [6.45, 7) is 1.49. The molecule has 16 heavy (non-hydrogen) atoms. The van der Waals surface area contributed by atoms with Crippen LogP contribution in [0, 0.1) is 6.92 Å². The summed E-state index contributed by atoms with van der Waals surface area (Å²) >= 11 is 1.53. The molecular weight excluding hydrogens is 232 g/mol. The number of nitrogens with zero attached hydrogens (tertiary/aromatic N) is 1. The van der Waals surface area contributed by atoms with Gasteiger partial charge < -0.3 is 11.1 Å². The molecule has 86 valence electrons. The van der Waals surface area contributed by atoms with E-state index in [4.69, 9.17) is 5.73 Å². The van der Waals surface area contributed by atoms with Crippen LogP contribution in [-0.4, -0.2) is 18.0 Å². The van der Waals surface area contributed by atoms with Crippen LogP contribution < -0.4 is 11.1 Å². The van der Waals surface area contributed by atoms with Crippen molar-refractivity contribution in [3.05, 3.63) is 17.1 Å². The number of alkyl halides is 2. The van der Waals surface area contributed by atoms with Gasteiger partial charge in [-0.3, -0.25) is 0 Å². The number of hydrogen-bond acceptors (Lipinski definition) is 4. The molecule has 2 aromatic rings. The van der Waals surface area contributed by atoms with Gasteiger partial charge in [-0.05, 0) is 19.1 Å². The molecule has 0 spiro atoms. The van der Waals surface area contributed by atoms with Crippen LogP contribution in [0.15, 0.2) is 12.1 Å². The number of halogens is 2. The van der Waals surface area contributed by atoms with Gasteiger partial charge >= 0.3 is 0 Å². The van der Waals surface area contributed by atoms with Crippen LogP contribution in [0.25, 0.3) is 10.2 Å². The van der Waals surface area contributed by atoms with Crippen molar-refractivity contribution in [1.82, 2.24) is 4.98 Å². The van der Waals surface area contributed by atoms with Crippen LogP contribution in [0.5, 0.6) is 0 Å². The third-order valence-electron chi connectivity index (χ3n) is 2.11. The van der Waals surface area contributed by atoms with Gasteiger partial charge in [-0.2, -0.15) is 0 Å². The van der Waals surface area contributed by atoms with Crippen LogP contribution in [0.4, 0.5) is 20.2 Å². The van der Waals surface area contributed by atoms with Crippen LogP contribution >= 0.6 is 11.3 Å². The van der Waals surface area contributed by atoms with Gasteiger partial charge in [-0.1, -0.05) is 0 Å². The minimum absolute atomic E-state index is 0.404. The second-order valence-electron chi connectivity index (χ2n) is 3.41. The van der Waals surface area contributed by atoms with Crippen molar-refractivity contribution in [2.45, 2.75) is 13.3 Å². The molecule has 0 saturated heterocycles. The van der Waals surface area contributed by atoms with Crippen molar-refractivity contribution < 1.29 is 8.78 Å². The van der Waals surface area contributed by atoms with E-state index in [0.29, 0.717) is 11.4 Å². The standard InChI is InChI=1S/C10H11F2N3S/c1-5-15-8-3-7(14-4-10(11)12)6(13)2-9(8)16-5/h2-3,10,14H,4,13H2,1H3. The normalized spacial score (nSPS) is 11.2. The first kappa shape index (κ1) is 11.1. The Kier molecular flexibility index (Phi) is 2.91. The summed E-state index contributed by atoms with van der Waals surface area (Å²) < 4.78 is 25.1. The molecule has 0 aliphatic carbocycles. The molecule has 0 aliphatic heterocycles. The minimum atomic E-state index is -2.40. The Morgan fingerprint density at radius 3 is 2.94 bits per heavy atom. The van der Waals surface area contributed by atoms with Gasteiger partial charge in [0.05, 0.1) is 33.1 Å². The van der Waals surface area contributed by atoms with E-state index in [9.17, 15) is 8.78 Å². The SMILES string of the molecule is Cc1nc2cc(NCC(F)F)c(N)cc2s1. The number of nitrogens with two attached hydrogens (primary N) is 1. The molecule has 1 aromatic carbocycles. The van der Waals surface area contributed by atoms with E-state index in [1.54, 1.807) is 12.1 Å². The van der Waals surface area contributed by atoms with Crippen molar-refractivity contribution in [2.24, 2.45) is 0 Å². The summed E-state index contributed by atoms with van der Waals surface area (Å²) in [5, 5.41) is 3.53. The van der Waals surface area contributed by atoms with E-state index in [1.165, 1.54) is 11.3 Å². The summed E-state index contributed by atoms with van der Waals surface area (Å²) in [7, 11) is 0. The van der Waals surface area contributed by atoms with Crippen LogP contribution in [-0.2, 0) is 0 Å². The summed E-state index contributed by atoms with van der Waals surface area (Å²) in [5.74, 6) is 0. The molecule has 2 rings (SSSR count). The molecule has 3 nitrogen and oxygen atoms in total. The monoisotopic (exact) mass is 243 g/mol. The second-order valence-corrected chi connectivity index (χ2v) is 4.65. The zero-order valence-electron chi connectivity index (χ0n) is 8.63. The van der Waals surface area contributed by atoms with Crippen molar-refractivity contribution >= 4 is 32.9 Å². The Bertz CT molecular complexity index is 510. The Morgan fingerprint density at radius 2 is 2.25 bits per heavy atom. The number of rotatable bonds is 3. The first-order chi connectivity index (χ1) is 7.56. The molecular formula is C10H11F2N3S. The highest BCUT2D eigenvalue weighted by Crippen LogP contribution is 2.29. The number of benzene rings is 1. The average Bonchev–Trinajstić information content (AvgIpc) is 2.53. The number of fused-ring (bicyclic) bond motifs is 1. The molecule has 0 fully saturated rings. The number of anilines is 2. The van der Waals surface area contributed by atoms with E-state index in [2.05, 4.69) is 10.3 Å². The van der Waals surface area contributed by atoms with E-state index in [1.807, 2.05) is 6.92 Å². The molecule has 1 aromatic heterocycles. The molecule has 0 saturated carbocycles. The summed E-state index contributed by atoms with van der Waals surface area (Å²) in [6, 6.07) is 3.46. The fraction of sp³-hybridized carbons (Fsp3) is 0.300. The van der Waals surface area contributed by atoms with E-state index in [-0.39, 0.29) is 0 Å². The van der Waals surface area contributed by atoms with Gasteiger partial charge in [-0.15, -0.1) is 11.3 Å². The number of aromatic nitrogens is 1. The lowest BCUT2D eigenvalue weighted by Gasteiger charge is -2.08. The maximum Gasteiger partial charge on any atom is 0.255 e. The molecule has 0 atom stereocenters. The summed E-state index contributed by atoms with van der Waals surface area (Å²) in [4.78, 5) is 4.28. The van der Waals surface area contributed by atoms with Gasteiger partial charge in [0.1, 0.15) is 0 Å². The van der Waals surface area contributed by atoms with E-state index in [0.717, 1.165) is 15.2 Å². The predicted molar refractivity (Wildman–Crippen MR) is 63.3 cm³/mol. The molecule has 0 bridgehead atoms. The molecule has 0 aliphatic rings. The Labute approximate surface area is 95.3 Å². The second kappa shape index (κ2) is 4.21. The molecule has 6 heteroatoms. The first-order valence-corrected chi connectivity index (χ1v) is 5.56. The topological polar surface area (TPSA) is 50.9 Å². The van der Waals surface area contributed by atoms with Crippen molar-refractivity contribution in [3.63, 3.8) is 0 Å². The third kappa shape index (κ3) is 2.21. The van der Waals surface area contributed by atoms with Crippen molar-refractivity contribution in [2.75, 3.05) is 17.6 Å². The van der Waals surface area contributed by atoms with E-state index < -0.39 is 13.0 Å². The molecule has 0 unspecified atom stereocenters. The quantitative estimate of drug-likeness (QED) is 0.815. The van der Waals surface area contributed by atoms with Gasteiger partial charge in [0, 0.05) is 0 Å². The fourth-order valence-electron chi connectivity index (χ4n) is 1.45. The number of thiazole rings is 1. The highest BCUT2D eigenvalue weighted by Gasteiger charge is 2.08. The molecule has 0 amide bonds. The third-order valence-corrected chi connectivity index (χ3v) is 3.05. The smallest absolute Gasteiger partial charge is 0.255 e. The minimum Gasteiger partial charge on any atom is -0.397 e. The zero-order valence-corrected chi connectivity index (χ0v) is 9.44. The van der Waals surface area contributed by atoms with E-state index >= 15 is 0 Å². The van der Waals surface area contributed by atoms with Gasteiger partial charge in [0.2, 0.25) is 0 Å². The van der Waals surface area contributed by atoms with Crippen molar-refractivity contribution in [3.8, 4) is 0 Å². The lowest BCUT2D eigenvalue weighted by Crippen LogP contribution is -2.11. The predicted octanol–water partition coefficient (Wildman–Crippen LogP) is 2.86. The summed E-state index contributed by atoms with van der Waals surface area (Å²) in [5.41, 5.74) is 7.52. The molecule has 3 N–H and O–H groups in total. The van der Waals surface area contributed by atoms with Crippen molar-refractivity contribution in [1.29, 1.82) is 0 Å². The average molecular weight is 243 g/mol. The largest absolute Gasteiger partial charge is 0.397 e. The number of hydrogen-bond donors (Lipinski definition) is 2. The number of nitrogens with one attached hydrogen (secondary N) is 1. The number of aryl methyl sites for hydroxylation is 1. The number of nitrogen functional groups attached to an aromatic ring is 1. The maximum absolute atomic E-state index is 12.1. The maximum atomic E-state index is 12.1. The van der Waals surface area contributed by atoms with Crippen LogP contribution in [0.3, 0.4) is 0 Å². The molecule has 0 radical (unpaired) electrons. The highest BCUT2D eigenvalue weighted by molar-refractivity contribution is 7.18. The Hall–Kier alpha value is -1.43. The fourth-order valence-corrected chi connectivity index (χ4v) is 2.30. The highest BCUT2D eigenvalue weighted by atomic mass is 32.1. The van der Waals surface area contributed by atoms with Gasteiger partial charge in [0.25, 0.3) is 6.43 Å². The van der Waals surface area contributed by atoms with Gasteiger partial charge in [-0.25, -0.2) is 13.8 Å². The van der Waals surface area contributed by atoms with Gasteiger partial charge in [0.15, 0.2) is 0 Å². The zero-order chi connectivity index (χ0) is 11.7. The Morgan fingerprint density at radius 1 is 1.50 bits per heavy atom. The molecule has 1 heterocycles. The van der Waals surface area contributed by atoms with Crippen LogP contribution in [0.2, 0.25) is 0 Å². The lowest BCUT2D eigenvalue weighted by atomic mass is 10.2. The first-order valence-electron chi connectivity index (χ1n) is 4.75.